The molecule has 0 spiro atoms. The third-order valence-corrected chi connectivity index (χ3v) is 6.26. The minimum absolute atomic E-state index is 0.980. The van der Waals surface area contributed by atoms with Crippen LogP contribution in [0.5, 0.6) is 0 Å². The third-order valence-electron chi connectivity index (χ3n) is 6.26. The van der Waals surface area contributed by atoms with Gasteiger partial charge in [0.25, 0.3) is 0 Å². The molecule has 0 radical (unpaired) electrons. The summed E-state index contributed by atoms with van der Waals surface area (Å²) in [5.41, 5.74) is 7.37. The van der Waals surface area contributed by atoms with Crippen molar-refractivity contribution in [2.24, 2.45) is 0 Å². The number of benzene rings is 2. The van der Waals surface area contributed by atoms with Crippen molar-refractivity contribution in [3.05, 3.63) is 121 Å². The van der Waals surface area contributed by atoms with Gasteiger partial charge in [-0.25, -0.2) is 0 Å². The monoisotopic (exact) mass is 502 g/mol. The van der Waals surface area contributed by atoms with Gasteiger partial charge < -0.3 is 0 Å². The third kappa shape index (κ3) is 6.02. The SMILES string of the molecule is CCc1cc(-c2cc3ccccc3[cH-]2)ccn1.CCc1cc(-c2cc3ccccc3[cH-]2)ccn1.[CH2]=[Ti+2]. The van der Waals surface area contributed by atoms with Crippen LogP contribution in [0.4, 0.5) is 0 Å². The molecule has 0 aliphatic carbocycles. The number of nitrogens with zero attached hydrogens (tertiary/aromatic N) is 2. The van der Waals surface area contributed by atoms with Crippen molar-refractivity contribution in [3.8, 4) is 22.3 Å². The van der Waals surface area contributed by atoms with E-state index in [4.69, 9.17) is 0 Å². The first-order valence-corrected chi connectivity index (χ1v) is 13.4. The Bertz CT molecular complexity index is 1370. The number of rotatable bonds is 4. The van der Waals surface area contributed by atoms with Crippen molar-refractivity contribution < 1.29 is 20.0 Å². The molecule has 6 rings (SSSR count). The topological polar surface area (TPSA) is 25.8 Å². The van der Waals surface area contributed by atoms with Gasteiger partial charge in [-0.05, 0) is 12.8 Å². The van der Waals surface area contributed by atoms with Crippen LogP contribution in [0.25, 0.3) is 43.8 Å². The van der Waals surface area contributed by atoms with Crippen molar-refractivity contribution in [1.82, 2.24) is 9.97 Å². The first-order valence-electron chi connectivity index (χ1n) is 12.3. The van der Waals surface area contributed by atoms with E-state index < -0.39 is 0 Å². The molecule has 36 heavy (non-hydrogen) atoms. The molecule has 2 nitrogen and oxygen atoms in total. The summed E-state index contributed by atoms with van der Waals surface area (Å²) in [6, 6.07) is 34.4. The number of hydrogen-bond donors (Lipinski definition) is 0. The first-order chi connectivity index (χ1) is 17.7. The van der Waals surface area contributed by atoms with Gasteiger partial charge in [-0.15, -0.1) is 69.1 Å². The fourth-order valence-electron chi connectivity index (χ4n) is 4.34. The quantitative estimate of drug-likeness (QED) is 0.179. The van der Waals surface area contributed by atoms with Crippen LogP contribution in [0.3, 0.4) is 0 Å². The number of fused-ring (bicyclic) bond motifs is 2. The molecule has 0 bridgehead atoms. The van der Waals surface area contributed by atoms with Crippen LogP contribution < -0.4 is 0 Å². The number of pyridine rings is 2. The molecular formula is C33H30N2Ti. The molecule has 0 atom stereocenters. The zero-order valence-electron chi connectivity index (χ0n) is 20.9. The van der Waals surface area contributed by atoms with Crippen LogP contribution in [0.1, 0.15) is 25.2 Å². The maximum atomic E-state index is 4.34. The summed E-state index contributed by atoms with van der Waals surface area (Å²) in [5, 5.41) is 5.21. The molecule has 0 aliphatic rings. The van der Waals surface area contributed by atoms with E-state index in [9.17, 15) is 0 Å². The van der Waals surface area contributed by atoms with Crippen LogP contribution in [0, 0.1) is 0 Å². The van der Waals surface area contributed by atoms with Gasteiger partial charge in [0.05, 0.1) is 0 Å². The standard InChI is InChI=1S/2C16H14N.CH2.Ti/c2*1-2-16-11-14(7-8-17-16)15-9-12-5-3-4-6-13(12)10-15;;/h2*3-11H,2H2,1H3;1H2;/q2*-1;;+2. The number of hydrogen-bond acceptors (Lipinski definition) is 2. The van der Waals surface area contributed by atoms with Gasteiger partial charge in [0.1, 0.15) is 0 Å². The summed E-state index contributed by atoms with van der Waals surface area (Å²) >= 11 is 1.75. The van der Waals surface area contributed by atoms with Crippen molar-refractivity contribution in [1.29, 1.82) is 0 Å². The molecule has 0 saturated heterocycles. The maximum absolute atomic E-state index is 4.34. The van der Waals surface area contributed by atoms with E-state index in [-0.39, 0.29) is 0 Å². The van der Waals surface area contributed by atoms with Crippen LogP contribution in [0.2, 0.25) is 0 Å². The van der Waals surface area contributed by atoms with Crippen molar-refractivity contribution in [3.63, 3.8) is 0 Å². The molecule has 6 aromatic rings. The molecule has 2 aromatic heterocycles. The van der Waals surface area contributed by atoms with E-state index in [1.165, 1.54) is 43.8 Å². The van der Waals surface area contributed by atoms with Crippen LogP contribution >= 0.6 is 0 Å². The molecule has 176 valence electrons. The van der Waals surface area contributed by atoms with E-state index in [2.05, 4.69) is 126 Å². The van der Waals surface area contributed by atoms with Crippen LogP contribution in [-0.2, 0) is 32.8 Å². The van der Waals surface area contributed by atoms with E-state index in [1.807, 2.05) is 12.4 Å². The van der Waals surface area contributed by atoms with Crippen molar-refractivity contribution >= 4 is 26.4 Å². The Hall–Kier alpha value is -3.46. The fraction of sp³-hybridized carbons (Fsp3) is 0.121. The Morgan fingerprint density at radius 2 is 1.03 bits per heavy atom. The Balaban J connectivity index is 0.000000158. The van der Waals surface area contributed by atoms with E-state index in [0.29, 0.717) is 0 Å². The average Bonchev–Trinajstić information content (AvgIpc) is 3.59. The summed E-state index contributed by atoms with van der Waals surface area (Å²) in [6.45, 7) is 4.27. The van der Waals surface area contributed by atoms with E-state index in [0.717, 1.165) is 24.2 Å². The van der Waals surface area contributed by atoms with E-state index in [1.54, 1.807) is 20.0 Å². The minimum atomic E-state index is 0.980. The molecule has 0 unspecified atom stereocenters. The molecule has 3 heteroatoms. The summed E-state index contributed by atoms with van der Waals surface area (Å²) in [5.74, 6) is 0. The Morgan fingerprint density at radius 1 is 0.611 bits per heavy atom. The van der Waals surface area contributed by atoms with Crippen LogP contribution in [-0.4, -0.2) is 14.8 Å². The Labute approximate surface area is 225 Å². The van der Waals surface area contributed by atoms with Gasteiger partial charge in [0, 0.05) is 23.8 Å². The second-order valence-electron chi connectivity index (χ2n) is 8.52. The second-order valence-corrected chi connectivity index (χ2v) is 8.52. The summed E-state index contributed by atoms with van der Waals surface area (Å²) in [7, 11) is 0. The van der Waals surface area contributed by atoms with Gasteiger partial charge in [-0.3, -0.25) is 9.97 Å². The van der Waals surface area contributed by atoms with Gasteiger partial charge in [-0.2, -0.15) is 0 Å². The second kappa shape index (κ2) is 12.5. The predicted molar refractivity (Wildman–Crippen MR) is 151 cm³/mol. The normalized spacial score (nSPS) is 10.4. The Morgan fingerprint density at radius 3 is 1.42 bits per heavy atom. The van der Waals surface area contributed by atoms with Crippen LogP contribution in [0.15, 0.2) is 109 Å². The molecule has 0 aliphatic heterocycles. The van der Waals surface area contributed by atoms with Gasteiger partial charge >= 0.3 is 24.8 Å². The molecule has 0 fully saturated rings. The summed E-state index contributed by atoms with van der Waals surface area (Å²) < 4.78 is 0. The van der Waals surface area contributed by atoms with Gasteiger partial charge in [0.2, 0.25) is 0 Å². The Kier molecular flexibility index (Phi) is 8.89. The number of aromatic nitrogens is 2. The predicted octanol–water partition coefficient (Wildman–Crippen LogP) is 8.33. The zero-order chi connectivity index (χ0) is 25.3. The van der Waals surface area contributed by atoms with Gasteiger partial charge in [-0.1, -0.05) is 85.6 Å². The molecule has 2 heterocycles. The van der Waals surface area contributed by atoms with Crippen molar-refractivity contribution in [2.45, 2.75) is 26.7 Å². The zero-order valence-corrected chi connectivity index (χ0v) is 22.5. The summed E-state index contributed by atoms with van der Waals surface area (Å²) in [6.07, 6.45) is 5.75. The molecular weight excluding hydrogens is 472 g/mol. The fourth-order valence-corrected chi connectivity index (χ4v) is 4.34. The molecule has 0 N–H and O–H groups in total. The van der Waals surface area contributed by atoms with Gasteiger partial charge in [0.15, 0.2) is 0 Å². The molecule has 4 aromatic carbocycles. The van der Waals surface area contributed by atoms with Crippen molar-refractivity contribution in [2.75, 3.05) is 0 Å². The number of aryl methyl sites for hydroxylation is 2. The molecule has 0 saturated carbocycles. The summed E-state index contributed by atoms with van der Waals surface area (Å²) in [4.78, 5) is 11.9. The van der Waals surface area contributed by atoms with E-state index >= 15 is 0 Å². The average molecular weight is 502 g/mol. The molecule has 0 amide bonds. The first kappa shape index (κ1) is 25.6.